The number of nitrogens with zero attached hydrogens (tertiary/aromatic N) is 2. The minimum atomic E-state index is -3.08. The predicted molar refractivity (Wildman–Crippen MR) is 116 cm³/mol. The van der Waals surface area contributed by atoms with E-state index in [0.717, 1.165) is 5.96 Å². The summed E-state index contributed by atoms with van der Waals surface area (Å²) in [5.41, 5.74) is 2.47. The van der Waals surface area contributed by atoms with Crippen LogP contribution < -0.4 is 5.32 Å². The molecule has 0 atom stereocenters. The molecule has 0 amide bonds. The number of aliphatic imine (C=N–C) groups is 1. The Bertz CT molecular complexity index is 870. The molecule has 1 N–H and O–H groups in total. The second-order valence-corrected chi connectivity index (χ2v) is 10.5. The molecule has 150 valence electrons. The van der Waals surface area contributed by atoms with Gasteiger partial charge in [0.2, 0.25) is 0 Å². The van der Waals surface area contributed by atoms with Crippen LogP contribution in [0, 0.1) is 0 Å². The average molecular weight is 400 g/mol. The third-order valence-electron chi connectivity index (χ3n) is 5.42. The summed E-state index contributed by atoms with van der Waals surface area (Å²) >= 11 is 0. The van der Waals surface area contributed by atoms with E-state index in [2.05, 4.69) is 58.8 Å². The number of hydrogen-bond acceptors (Lipinski definition) is 3. The summed E-state index contributed by atoms with van der Waals surface area (Å²) in [5.74, 6) is 1.09. The summed E-state index contributed by atoms with van der Waals surface area (Å²) in [7, 11) is -1.33. The molecule has 2 aromatic rings. The number of guanidine groups is 1. The Morgan fingerprint density at radius 3 is 2.07 bits per heavy atom. The first-order valence-corrected chi connectivity index (χ1v) is 11.3. The molecular formula is C22H29N3O2S. The van der Waals surface area contributed by atoms with E-state index in [-0.39, 0.29) is 11.7 Å². The minimum absolute atomic E-state index is 0.154. The number of benzene rings is 2. The van der Waals surface area contributed by atoms with Gasteiger partial charge >= 0.3 is 0 Å². The normalized spacial score (nSPS) is 18.9. The molecule has 28 heavy (non-hydrogen) atoms. The Morgan fingerprint density at radius 2 is 1.61 bits per heavy atom. The monoisotopic (exact) mass is 399 g/mol. The summed E-state index contributed by atoms with van der Waals surface area (Å²) < 4.78 is 23.8. The van der Waals surface area contributed by atoms with Crippen LogP contribution in [-0.2, 0) is 9.84 Å². The van der Waals surface area contributed by atoms with E-state index in [1.165, 1.54) is 11.1 Å². The molecule has 6 heteroatoms. The lowest BCUT2D eigenvalue weighted by atomic mass is 9.91. The lowest BCUT2D eigenvalue weighted by molar-refractivity contribution is 0.353. The van der Waals surface area contributed by atoms with Gasteiger partial charge in [-0.25, -0.2) is 8.42 Å². The van der Waals surface area contributed by atoms with Crippen LogP contribution >= 0.6 is 0 Å². The van der Waals surface area contributed by atoms with Gasteiger partial charge in [-0.2, -0.15) is 0 Å². The smallest absolute Gasteiger partial charge is 0.193 e. The van der Waals surface area contributed by atoms with E-state index in [4.69, 9.17) is 0 Å². The standard InChI is InChI=1S/C22H29N3O2S/c1-22(2)17-25(14-15-28(22,26)27)21(23-3)24-16-20(18-10-6-4-7-11-18)19-12-8-5-9-13-19/h4-13,20H,14-17H2,1-3H3,(H,23,24). The molecule has 1 aliphatic heterocycles. The number of hydrogen-bond donors (Lipinski definition) is 1. The summed E-state index contributed by atoms with van der Waals surface area (Å²) in [4.78, 5) is 6.47. The van der Waals surface area contributed by atoms with E-state index >= 15 is 0 Å². The van der Waals surface area contributed by atoms with Crippen LogP contribution in [0.1, 0.15) is 30.9 Å². The van der Waals surface area contributed by atoms with Crippen molar-refractivity contribution in [2.24, 2.45) is 4.99 Å². The van der Waals surface area contributed by atoms with Gasteiger partial charge < -0.3 is 10.2 Å². The van der Waals surface area contributed by atoms with E-state index in [1.54, 1.807) is 20.9 Å². The van der Waals surface area contributed by atoms with Crippen LogP contribution in [0.3, 0.4) is 0 Å². The van der Waals surface area contributed by atoms with Gasteiger partial charge in [-0.1, -0.05) is 60.7 Å². The topological polar surface area (TPSA) is 61.8 Å². The van der Waals surface area contributed by atoms with Crippen molar-refractivity contribution in [3.05, 3.63) is 71.8 Å². The lowest BCUT2D eigenvalue weighted by Crippen LogP contribution is -2.57. The molecule has 0 bridgehead atoms. The summed E-state index contributed by atoms with van der Waals surface area (Å²) in [6.07, 6.45) is 0. The van der Waals surface area contributed by atoms with Crippen LogP contribution in [-0.4, -0.2) is 56.5 Å². The maximum absolute atomic E-state index is 12.3. The van der Waals surface area contributed by atoms with Gasteiger partial charge in [-0.15, -0.1) is 0 Å². The fourth-order valence-electron chi connectivity index (χ4n) is 3.65. The molecule has 1 fully saturated rings. The highest BCUT2D eigenvalue weighted by Crippen LogP contribution is 2.25. The Hall–Kier alpha value is -2.34. The summed E-state index contributed by atoms with van der Waals surface area (Å²) in [5, 5.41) is 3.48. The van der Waals surface area contributed by atoms with Crippen molar-refractivity contribution < 1.29 is 8.42 Å². The zero-order chi connectivity index (χ0) is 20.2. The van der Waals surface area contributed by atoms with Crippen molar-refractivity contribution in [3.8, 4) is 0 Å². The number of rotatable bonds is 4. The van der Waals surface area contributed by atoms with E-state index in [1.807, 2.05) is 17.0 Å². The SMILES string of the molecule is CN=C(NCC(c1ccccc1)c1ccccc1)N1CCS(=O)(=O)C(C)(C)C1. The third-order valence-corrected chi connectivity index (χ3v) is 7.96. The second-order valence-electron chi connectivity index (χ2n) is 7.80. The lowest BCUT2D eigenvalue weighted by Gasteiger charge is -2.39. The van der Waals surface area contributed by atoms with Gasteiger partial charge in [0.05, 0.1) is 10.5 Å². The molecule has 0 radical (unpaired) electrons. The molecule has 0 unspecified atom stereocenters. The highest BCUT2D eigenvalue weighted by molar-refractivity contribution is 7.92. The van der Waals surface area contributed by atoms with Gasteiger partial charge in [0.15, 0.2) is 15.8 Å². The fourth-order valence-corrected chi connectivity index (χ4v) is 5.01. The maximum Gasteiger partial charge on any atom is 0.193 e. The van der Waals surface area contributed by atoms with Crippen LogP contribution in [0.2, 0.25) is 0 Å². The highest BCUT2D eigenvalue weighted by atomic mass is 32.2. The molecule has 0 aromatic heterocycles. The third kappa shape index (κ3) is 4.38. The van der Waals surface area contributed by atoms with Crippen LogP contribution in [0.4, 0.5) is 0 Å². The van der Waals surface area contributed by atoms with Crippen molar-refractivity contribution in [2.75, 3.05) is 32.4 Å². The van der Waals surface area contributed by atoms with Gasteiger partial charge in [0.1, 0.15) is 0 Å². The first-order chi connectivity index (χ1) is 13.3. The van der Waals surface area contributed by atoms with Crippen LogP contribution in [0.15, 0.2) is 65.7 Å². The second kappa shape index (κ2) is 8.35. The zero-order valence-electron chi connectivity index (χ0n) is 16.8. The first kappa shape index (κ1) is 20.4. The average Bonchev–Trinajstić information content (AvgIpc) is 2.69. The Balaban J connectivity index is 1.77. The van der Waals surface area contributed by atoms with Crippen molar-refractivity contribution in [1.82, 2.24) is 10.2 Å². The van der Waals surface area contributed by atoms with Crippen molar-refractivity contribution in [1.29, 1.82) is 0 Å². The molecule has 2 aromatic carbocycles. The predicted octanol–water partition coefficient (Wildman–Crippen LogP) is 2.90. The number of sulfone groups is 1. The van der Waals surface area contributed by atoms with Crippen molar-refractivity contribution in [3.63, 3.8) is 0 Å². The van der Waals surface area contributed by atoms with Gasteiger partial charge in [0.25, 0.3) is 0 Å². The molecule has 5 nitrogen and oxygen atoms in total. The van der Waals surface area contributed by atoms with Crippen molar-refractivity contribution in [2.45, 2.75) is 24.5 Å². The van der Waals surface area contributed by atoms with E-state index in [9.17, 15) is 8.42 Å². The van der Waals surface area contributed by atoms with Crippen LogP contribution in [0.25, 0.3) is 0 Å². The zero-order valence-corrected chi connectivity index (χ0v) is 17.6. The van der Waals surface area contributed by atoms with E-state index in [0.29, 0.717) is 19.6 Å². The first-order valence-electron chi connectivity index (χ1n) is 9.62. The largest absolute Gasteiger partial charge is 0.355 e. The van der Waals surface area contributed by atoms with E-state index < -0.39 is 14.6 Å². The molecule has 0 saturated carbocycles. The van der Waals surface area contributed by atoms with Gasteiger partial charge in [0, 0.05) is 32.6 Å². The Kier molecular flexibility index (Phi) is 6.08. The molecular weight excluding hydrogens is 370 g/mol. The quantitative estimate of drug-likeness (QED) is 0.634. The Morgan fingerprint density at radius 1 is 1.07 bits per heavy atom. The highest BCUT2D eigenvalue weighted by Gasteiger charge is 2.41. The summed E-state index contributed by atoms with van der Waals surface area (Å²) in [6.45, 7) is 5.17. The minimum Gasteiger partial charge on any atom is -0.355 e. The van der Waals surface area contributed by atoms with Gasteiger partial charge in [-0.05, 0) is 25.0 Å². The molecule has 0 spiro atoms. The molecule has 3 rings (SSSR count). The van der Waals surface area contributed by atoms with Crippen molar-refractivity contribution >= 4 is 15.8 Å². The molecule has 1 saturated heterocycles. The van der Waals surface area contributed by atoms with Gasteiger partial charge in [-0.3, -0.25) is 4.99 Å². The molecule has 1 aliphatic rings. The number of nitrogens with one attached hydrogen (secondary N) is 1. The van der Waals surface area contributed by atoms with Crippen LogP contribution in [0.5, 0.6) is 0 Å². The fraction of sp³-hybridized carbons (Fsp3) is 0.409. The Labute approximate surface area is 168 Å². The molecule has 1 heterocycles. The molecule has 0 aliphatic carbocycles. The maximum atomic E-state index is 12.3. The summed E-state index contributed by atoms with van der Waals surface area (Å²) in [6, 6.07) is 20.8.